The Balaban J connectivity index is 1.04. The first-order chi connectivity index (χ1) is 21.0. The maximum atomic E-state index is 12.7. The second kappa shape index (κ2) is 13.2. The fourth-order valence-electron chi connectivity index (χ4n) is 5.88. The van der Waals surface area contributed by atoms with Gasteiger partial charge in [0.2, 0.25) is 0 Å². The molecule has 43 heavy (non-hydrogen) atoms. The zero-order valence-electron chi connectivity index (χ0n) is 24.3. The van der Waals surface area contributed by atoms with E-state index >= 15 is 0 Å². The molecule has 0 bridgehead atoms. The molecule has 5 aromatic carbocycles. The summed E-state index contributed by atoms with van der Waals surface area (Å²) in [5, 5.41) is 4.03. The topological polar surface area (TPSA) is 65.0 Å². The van der Waals surface area contributed by atoms with Crippen molar-refractivity contribution in [3.05, 3.63) is 114 Å². The fourth-order valence-corrected chi connectivity index (χ4v) is 6.72. The summed E-state index contributed by atoms with van der Waals surface area (Å²) < 4.78 is 29.7. The van der Waals surface area contributed by atoms with Crippen molar-refractivity contribution in [1.29, 1.82) is 0 Å². The van der Waals surface area contributed by atoms with Crippen LogP contribution in [0.25, 0.3) is 38.7 Å². The van der Waals surface area contributed by atoms with Gasteiger partial charge in [-0.1, -0.05) is 117 Å². The highest BCUT2D eigenvalue weighted by molar-refractivity contribution is 7.48. The molecule has 220 valence electrons. The molecular weight excluding hydrogens is 555 g/mol. The highest BCUT2D eigenvalue weighted by Gasteiger charge is 2.33. The Hall–Kier alpha value is -3.89. The second-order valence-electron chi connectivity index (χ2n) is 11.2. The molecule has 1 unspecified atom stereocenters. The van der Waals surface area contributed by atoms with Crippen LogP contribution in [-0.2, 0) is 22.3 Å². The molecule has 0 radical (unpaired) electrons. The number of aryl methyl sites for hydroxylation is 1. The summed E-state index contributed by atoms with van der Waals surface area (Å²) in [7, 11) is -4.32. The number of rotatable bonds is 12. The van der Waals surface area contributed by atoms with Crippen LogP contribution in [0, 0.1) is 0 Å². The summed E-state index contributed by atoms with van der Waals surface area (Å²) in [6.45, 7) is 5.26. The molecule has 1 heterocycles. The molecule has 0 saturated heterocycles. The van der Waals surface area contributed by atoms with Crippen molar-refractivity contribution in [3.8, 4) is 22.6 Å². The van der Waals surface area contributed by atoms with Crippen molar-refractivity contribution in [2.45, 2.75) is 51.6 Å². The van der Waals surface area contributed by atoms with E-state index in [1.54, 1.807) is 12.1 Å². The standard InChI is InChI=1S/C37H37O5P/c1-2-27-14-16-29(17-15-27)26-40-24-10-6-4-3-5-7-11-28-18-21-33-31(25-28)20-23-35-37(33)36-32-13-9-8-12-30(32)19-22-34(36)41-43(38,39)42-35/h2,8-9,12-23,25H,1,3-7,10-11,24,26H2,(H,38,39). The van der Waals surface area contributed by atoms with Crippen LogP contribution < -0.4 is 9.05 Å². The third kappa shape index (κ3) is 6.86. The van der Waals surface area contributed by atoms with Gasteiger partial charge in [-0.25, -0.2) is 4.57 Å². The van der Waals surface area contributed by atoms with Gasteiger partial charge in [0.25, 0.3) is 0 Å². The van der Waals surface area contributed by atoms with E-state index in [1.165, 1.54) is 36.8 Å². The van der Waals surface area contributed by atoms with Crippen molar-refractivity contribution >= 4 is 35.4 Å². The first-order valence-electron chi connectivity index (χ1n) is 15.1. The summed E-state index contributed by atoms with van der Waals surface area (Å²) in [5.74, 6) is 0.707. The summed E-state index contributed by atoms with van der Waals surface area (Å²) in [5.41, 5.74) is 5.19. The maximum Gasteiger partial charge on any atom is 0.584 e. The van der Waals surface area contributed by atoms with Crippen LogP contribution in [0.1, 0.15) is 55.2 Å². The number of hydrogen-bond acceptors (Lipinski definition) is 4. The van der Waals surface area contributed by atoms with Crippen LogP contribution in [0.3, 0.4) is 0 Å². The van der Waals surface area contributed by atoms with E-state index in [9.17, 15) is 9.46 Å². The summed E-state index contributed by atoms with van der Waals surface area (Å²) in [6.07, 6.45) is 9.97. The number of benzene rings is 5. The monoisotopic (exact) mass is 592 g/mol. The molecule has 0 aromatic heterocycles. The fraction of sp³-hybridized carbons (Fsp3) is 0.243. The van der Waals surface area contributed by atoms with Crippen LogP contribution in [0.2, 0.25) is 0 Å². The predicted molar refractivity (Wildman–Crippen MR) is 176 cm³/mol. The SMILES string of the molecule is C=Cc1ccc(COCCCCCCCCc2ccc3c4c(ccc3c2)OP(=O)(O)Oc2ccc3ccccc3c2-4)cc1. The minimum absolute atomic E-state index is 0.352. The minimum Gasteiger partial charge on any atom is -0.395 e. The van der Waals surface area contributed by atoms with Crippen LogP contribution in [0.4, 0.5) is 0 Å². The van der Waals surface area contributed by atoms with E-state index in [2.05, 4.69) is 49.0 Å². The number of phosphoric acid groups is 1. The first-order valence-corrected chi connectivity index (χ1v) is 16.6. The van der Waals surface area contributed by atoms with Gasteiger partial charge >= 0.3 is 7.82 Å². The van der Waals surface area contributed by atoms with Crippen molar-refractivity contribution < 1.29 is 23.2 Å². The largest absolute Gasteiger partial charge is 0.584 e. The molecule has 5 nitrogen and oxygen atoms in total. The smallest absolute Gasteiger partial charge is 0.395 e. The lowest BCUT2D eigenvalue weighted by Gasteiger charge is -2.14. The lowest BCUT2D eigenvalue weighted by molar-refractivity contribution is 0.116. The Labute approximate surface area is 253 Å². The maximum absolute atomic E-state index is 12.7. The van der Waals surface area contributed by atoms with Gasteiger partial charge in [-0.05, 0) is 69.6 Å². The van der Waals surface area contributed by atoms with Gasteiger partial charge in [0.05, 0.1) is 6.61 Å². The van der Waals surface area contributed by atoms with Gasteiger partial charge in [0.1, 0.15) is 11.5 Å². The average Bonchev–Trinajstić information content (AvgIpc) is 3.14. The number of fused-ring (bicyclic) bond motifs is 7. The third-order valence-corrected chi connectivity index (χ3v) is 8.96. The molecule has 1 aliphatic heterocycles. The molecule has 1 N–H and O–H groups in total. The molecular formula is C37H37O5P. The van der Waals surface area contributed by atoms with Gasteiger partial charge in [0.15, 0.2) is 0 Å². The molecule has 1 aliphatic rings. The molecule has 6 rings (SSSR count). The molecule has 0 aliphatic carbocycles. The van der Waals surface area contributed by atoms with Crippen molar-refractivity contribution in [2.24, 2.45) is 0 Å². The van der Waals surface area contributed by atoms with Crippen LogP contribution in [0.5, 0.6) is 11.5 Å². The minimum atomic E-state index is -4.32. The van der Waals surface area contributed by atoms with Crippen molar-refractivity contribution in [1.82, 2.24) is 0 Å². The number of ether oxygens (including phenoxy) is 1. The molecule has 6 heteroatoms. The van der Waals surface area contributed by atoms with Crippen LogP contribution in [-0.4, -0.2) is 11.5 Å². The Morgan fingerprint density at radius 1 is 0.698 bits per heavy atom. The van der Waals surface area contributed by atoms with E-state index in [0.29, 0.717) is 18.1 Å². The number of hydrogen-bond donors (Lipinski definition) is 1. The van der Waals surface area contributed by atoms with E-state index in [0.717, 1.165) is 64.1 Å². The van der Waals surface area contributed by atoms with E-state index < -0.39 is 7.82 Å². The Morgan fingerprint density at radius 3 is 2.07 bits per heavy atom. The van der Waals surface area contributed by atoms with Crippen molar-refractivity contribution in [2.75, 3.05) is 6.61 Å². The van der Waals surface area contributed by atoms with Gasteiger partial charge < -0.3 is 13.8 Å². The van der Waals surface area contributed by atoms with E-state index in [4.69, 9.17) is 13.8 Å². The third-order valence-electron chi connectivity index (χ3n) is 8.10. The Kier molecular flexibility index (Phi) is 8.95. The molecule has 0 amide bonds. The van der Waals surface area contributed by atoms with Crippen LogP contribution in [0.15, 0.2) is 97.6 Å². The molecule has 5 aromatic rings. The number of phosphoric ester groups is 1. The van der Waals surface area contributed by atoms with Gasteiger partial charge in [0, 0.05) is 17.7 Å². The molecule has 0 spiro atoms. The summed E-state index contributed by atoms with van der Waals surface area (Å²) in [4.78, 5) is 10.4. The summed E-state index contributed by atoms with van der Waals surface area (Å²) >= 11 is 0. The molecule has 1 atom stereocenters. The Bertz CT molecular complexity index is 1790. The lowest BCUT2D eigenvalue weighted by Crippen LogP contribution is -1.97. The van der Waals surface area contributed by atoms with E-state index in [-0.39, 0.29) is 0 Å². The van der Waals surface area contributed by atoms with Crippen LogP contribution >= 0.6 is 7.82 Å². The van der Waals surface area contributed by atoms with Crippen molar-refractivity contribution in [3.63, 3.8) is 0 Å². The molecule has 0 fully saturated rings. The first kappa shape index (κ1) is 29.2. The normalized spacial score (nSPS) is 15.7. The second-order valence-corrected chi connectivity index (χ2v) is 12.5. The van der Waals surface area contributed by atoms with Gasteiger partial charge in [-0.15, -0.1) is 0 Å². The van der Waals surface area contributed by atoms with Gasteiger partial charge in [-0.2, -0.15) is 0 Å². The zero-order valence-corrected chi connectivity index (χ0v) is 25.2. The zero-order chi connectivity index (χ0) is 29.6. The highest BCUT2D eigenvalue weighted by Crippen LogP contribution is 2.56. The van der Waals surface area contributed by atoms with E-state index in [1.807, 2.05) is 42.5 Å². The average molecular weight is 593 g/mol. The predicted octanol–water partition coefficient (Wildman–Crippen LogP) is 10.3. The lowest BCUT2D eigenvalue weighted by atomic mass is 9.91. The molecule has 0 saturated carbocycles. The number of unbranched alkanes of at least 4 members (excludes halogenated alkanes) is 5. The quantitative estimate of drug-likeness (QED) is 0.115. The highest BCUT2D eigenvalue weighted by atomic mass is 31.2. The Morgan fingerprint density at radius 2 is 1.33 bits per heavy atom. The summed E-state index contributed by atoms with van der Waals surface area (Å²) in [6, 6.07) is 30.2. The van der Waals surface area contributed by atoms with Gasteiger partial charge in [-0.3, -0.25) is 4.89 Å².